The first-order chi connectivity index (χ1) is 10.6. The molecule has 3 nitrogen and oxygen atoms in total. The minimum absolute atomic E-state index is 0.261. The molecular weight excluding hydrogens is 318 g/mol. The Labute approximate surface area is 137 Å². The van der Waals surface area contributed by atoms with Crippen molar-refractivity contribution < 1.29 is 8.42 Å². The number of hydrogen-bond acceptors (Lipinski definition) is 2. The Morgan fingerprint density at radius 2 is 1.77 bits per heavy atom. The van der Waals surface area contributed by atoms with Gasteiger partial charge in [0.25, 0.3) is 0 Å². The normalized spacial score (nSPS) is 24.2. The molecule has 22 heavy (non-hydrogen) atoms. The second kappa shape index (κ2) is 6.57. The van der Waals surface area contributed by atoms with Gasteiger partial charge in [-0.1, -0.05) is 48.0 Å². The summed E-state index contributed by atoms with van der Waals surface area (Å²) in [6, 6.07) is 8.67. The number of allylic oxidation sites excluding steroid dienone is 4. The van der Waals surface area contributed by atoms with E-state index in [9.17, 15) is 8.42 Å². The van der Waals surface area contributed by atoms with Gasteiger partial charge in [0.15, 0.2) is 0 Å². The quantitative estimate of drug-likeness (QED) is 0.787. The van der Waals surface area contributed by atoms with Crippen molar-refractivity contribution in [3.8, 4) is 0 Å². The fourth-order valence-electron chi connectivity index (χ4n) is 3.23. The molecule has 0 aromatic heterocycles. The first-order valence-corrected chi connectivity index (χ1v) is 9.48. The van der Waals surface area contributed by atoms with Crippen LogP contribution < -0.4 is 0 Å². The Kier molecular flexibility index (Phi) is 4.71. The lowest BCUT2D eigenvalue weighted by molar-refractivity contribution is 0.248. The van der Waals surface area contributed by atoms with E-state index >= 15 is 0 Å². The maximum absolute atomic E-state index is 12.6. The van der Waals surface area contributed by atoms with Crippen molar-refractivity contribution in [1.29, 1.82) is 0 Å². The average molecular weight is 338 g/mol. The fraction of sp³-hybridized carbons (Fsp3) is 0.412. The van der Waals surface area contributed by atoms with Gasteiger partial charge in [-0.3, -0.25) is 0 Å². The maximum Gasteiger partial charge on any atom is 0.243 e. The molecule has 1 fully saturated rings. The van der Waals surface area contributed by atoms with Crippen LogP contribution >= 0.6 is 11.6 Å². The SMILES string of the molecule is O=S(=O)(c1ccccc1)N1CCC(C2C=CCC=C2Cl)CC1. The van der Waals surface area contributed by atoms with Crippen LogP contribution in [0.2, 0.25) is 0 Å². The molecule has 1 aromatic carbocycles. The van der Waals surface area contributed by atoms with Crippen LogP contribution in [0.25, 0.3) is 0 Å². The van der Waals surface area contributed by atoms with Crippen molar-refractivity contribution in [3.05, 3.63) is 53.6 Å². The van der Waals surface area contributed by atoms with E-state index in [1.807, 2.05) is 6.07 Å². The highest BCUT2D eigenvalue weighted by Crippen LogP contribution is 2.36. The molecule has 5 heteroatoms. The molecule has 1 aliphatic carbocycles. The van der Waals surface area contributed by atoms with E-state index in [1.165, 1.54) is 0 Å². The van der Waals surface area contributed by atoms with Crippen molar-refractivity contribution in [2.75, 3.05) is 13.1 Å². The van der Waals surface area contributed by atoms with Gasteiger partial charge in [-0.2, -0.15) is 4.31 Å². The number of benzene rings is 1. The second-order valence-corrected chi connectivity index (χ2v) is 8.21. The Balaban J connectivity index is 1.68. The van der Waals surface area contributed by atoms with E-state index in [-0.39, 0.29) is 5.92 Å². The second-order valence-electron chi connectivity index (χ2n) is 5.83. The summed E-state index contributed by atoms with van der Waals surface area (Å²) < 4.78 is 26.8. The summed E-state index contributed by atoms with van der Waals surface area (Å²) in [5, 5.41) is 0.909. The third-order valence-corrected chi connectivity index (χ3v) is 6.82. The molecule has 1 aliphatic heterocycles. The van der Waals surface area contributed by atoms with Crippen LogP contribution in [-0.2, 0) is 10.0 Å². The highest BCUT2D eigenvalue weighted by molar-refractivity contribution is 7.89. The maximum atomic E-state index is 12.6. The number of rotatable bonds is 3. The molecule has 0 radical (unpaired) electrons. The van der Waals surface area contributed by atoms with Gasteiger partial charge < -0.3 is 0 Å². The molecule has 1 heterocycles. The average Bonchev–Trinajstić information content (AvgIpc) is 2.56. The third kappa shape index (κ3) is 3.14. The third-order valence-electron chi connectivity index (χ3n) is 4.50. The molecule has 3 rings (SSSR count). The Morgan fingerprint density at radius 1 is 1.09 bits per heavy atom. The van der Waals surface area contributed by atoms with E-state index in [2.05, 4.69) is 18.2 Å². The molecule has 0 spiro atoms. The monoisotopic (exact) mass is 337 g/mol. The zero-order valence-electron chi connectivity index (χ0n) is 12.4. The summed E-state index contributed by atoms with van der Waals surface area (Å²) in [6.45, 7) is 1.13. The number of halogens is 1. The number of nitrogens with zero attached hydrogens (tertiary/aromatic N) is 1. The molecule has 118 valence electrons. The van der Waals surface area contributed by atoms with E-state index in [0.717, 1.165) is 24.3 Å². The topological polar surface area (TPSA) is 37.4 Å². The van der Waals surface area contributed by atoms with Crippen molar-refractivity contribution in [3.63, 3.8) is 0 Å². The molecule has 1 unspecified atom stereocenters. The number of hydrogen-bond donors (Lipinski definition) is 0. The largest absolute Gasteiger partial charge is 0.243 e. The lowest BCUT2D eigenvalue weighted by atomic mass is 9.82. The van der Waals surface area contributed by atoms with E-state index in [0.29, 0.717) is 23.9 Å². The van der Waals surface area contributed by atoms with Gasteiger partial charge >= 0.3 is 0 Å². The van der Waals surface area contributed by atoms with E-state index < -0.39 is 10.0 Å². The van der Waals surface area contributed by atoms with E-state index in [1.54, 1.807) is 28.6 Å². The zero-order valence-corrected chi connectivity index (χ0v) is 13.9. The minimum Gasteiger partial charge on any atom is -0.207 e. The molecule has 1 aromatic rings. The van der Waals surface area contributed by atoms with E-state index in [4.69, 9.17) is 11.6 Å². The van der Waals surface area contributed by atoms with Gasteiger partial charge in [0.05, 0.1) is 4.90 Å². The summed E-state index contributed by atoms with van der Waals surface area (Å²) in [6.07, 6.45) is 8.98. The molecule has 2 aliphatic rings. The Hall–Kier alpha value is -1.10. The molecule has 1 saturated heterocycles. The fourth-order valence-corrected chi connectivity index (χ4v) is 5.06. The minimum atomic E-state index is -3.36. The Bertz CT molecular complexity index is 674. The van der Waals surface area contributed by atoms with Gasteiger partial charge in [-0.25, -0.2) is 8.42 Å². The van der Waals surface area contributed by atoms with Gasteiger partial charge in [0, 0.05) is 24.0 Å². The van der Waals surface area contributed by atoms with Gasteiger partial charge in [-0.05, 0) is 37.3 Å². The summed E-state index contributed by atoms with van der Waals surface area (Å²) >= 11 is 6.32. The van der Waals surface area contributed by atoms with Gasteiger partial charge in [-0.15, -0.1) is 0 Å². The lowest BCUT2D eigenvalue weighted by Gasteiger charge is -2.35. The zero-order chi connectivity index (χ0) is 15.6. The first-order valence-electron chi connectivity index (χ1n) is 7.66. The van der Waals surface area contributed by atoms with Crippen LogP contribution in [0.15, 0.2) is 58.5 Å². The van der Waals surface area contributed by atoms with Crippen LogP contribution in [0.4, 0.5) is 0 Å². The molecule has 0 N–H and O–H groups in total. The van der Waals surface area contributed by atoms with Crippen LogP contribution in [0, 0.1) is 11.8 Å². The summed E-state index contributed by atoms with van der Waals surface area (Å²) in [4.78, 5) is 0.379. The molecule has 1 atom stereocenters. The smallest absolute Gasteiger partial charge is 0.207 e. The molecule has 0 amide bonds. The summed E-state index contributed by atoms with van der Waals surface area (Å²) in [5.74, 6) is 0.694. The Morgan fingerprint density at radius 3 is 2.41 bits per heavy atom. The highest BCUT2D eigenvalue weighted by Gasteiger charge is 2.32. The molecule has 0 saturated carbocycles. The lowest BCUT2D eigenvalue weighted by Crippen LogP contribution is -2.40. The molecule has 0 bridgehead atoms. The number of piperidine rings is 1. The molecular formula is C17H20ClNO2S. The number of sulfonamides is 1. The first kappa shape index (κ1) is 15.8. The van der Waals surface area contributed by atoms with Crippen molar-refractivity contribution in [2.45, 2.75) is 24.2 Å². The van der Waals surface area contributed by atoms with Crippen LogP contribution in [0.1, 0.15) is 19.3 Å². The predicted molar refractivity (Wildman–Crippen MR) is 89.1 cm³/mol. The highest BCUT2D eigenvalue weighted by atomic mass is 35.5. The van der Waals surface area contributed by atoms with Crippen molar-refractivity contribution >= 4 is 21.6 Å². The van der Waals surface area contributed by atoms with Crippen molar-refractivity contribution in [2.24, 2.45) is 11.8 Å². The van der Waals surface area contributed by atoms with Crippen molar-refractivity contribution in [1.82, 2.24) is 4.31 Å². The summed E-state index contributed by atoms with van der Waals surface area (Å²) in [7, 11) is -3.36. The summed E-state index contributed by atoms with van der Waals surface area (Å²) in [5.41, 5.74) is 0. The standard InChI is InChI=1S/C17H20ClNO2S/c18-17-9-5-4-8-16(17)14-10-12-19(13-11-14)22(20,21)15-6-2-1-3-7-15/h1-4,6-9,14,16H,5,10-13H2. The van der Waals surface area contributed by atoms with Gasteiger partial charge in [0.2, 0.25) is 10.0 Å². The van der Waals surface area contributed by atoms with Gasteiger partial charge in [0.1, 0.15) is 0 Å². The predicted octanol–water partition coefficient (Wildman–Crippen LogP) is 3.79. The van der Waals surface area contributed by atoms with Crippen LogP contribution in [-0.4, -0.2) is 25.8 Å². The van der Waals surface area contributed by atoms with Crippen LogP contribution in [0.5, 0.6) is 0 Å². The van der Waals surface area contributed by atoms with Crippen LogP contribution in [0.3, 0.4) is 0 Å².